The zero-order chi connectivity index (χ0) is 22.9. The molecular formula is C20H26BIO6S2. The van der Waals surface area contributed by atoms with Crippen molar-refractivity contribution in [1.82, 2.24) is 0 Å². The molecule has 0 saturated carbocycles. The van der Waals surface area contributed by atoms with E-state index in [1.807, 2.05) is 46.9 Å². The van der Waals surface area contributed by atoms with E-state index in [-0.39, 0.29) is 23.1 Å². The van der Waals surface area contributed by atoms with Gasteiger partial charge in [0.05, 0.1) is 39.4 Å². The molecule has 1 aliphatic rings. The molecule has 0 amide bonds. The molecule has 2 aromatic rings. The maximum atomic E-state index is 11.6. The third-order valence-electron chi connectivity index (χ3n) is 5.33. The number of thiophene rings is 2. The van der Waals surface area contributed by atoms with Crippen molar-refractivity contribution in [3.05, 3.63) is 35.9 Å². The second kappa shape index (κ2) is 9.68. The van der Waals surface area contributed by atoms with E-state index in [1.165, 1.54) is 25.6 Å². The highest BCUT2D eigenvalue weighted by Gasteiger charge is 2.52. The van der Waals surface area contributed by atoms with E-state index < -0.39 is 7.12 Å². The van der Waals surface area contributed by atoms with Crippen LogP contribution in [0.25, 0.3) is 0 Å². The Morgan fingerprint density at radius 3 is 1.73 bits per heavy atom. The molecule has 1 saturated heterocycles. The summed E-state index contributed by atoms with van der Waals surface area (Å²) in [5, 5.41) is 3.62. The first-order chi connectivity index (χ1) is 13.9. The van der Waals surface area contributed by atoms with Crippen LogP contribution in [0.15, 0.2) is 10.8 Å². The molecule has 164 valence electrons. The molecule has 0 aromatic carbocycles. The lowest BCUT2D eigenvalue weighted by Gasteiger charge is -2.32. The quantitative estimate of drug-likeness (QED) is 0.309. The average molecular weight is 564 g/mol. The van der Waals surface area contributed by atoms with Crippen molar-refractivity contribution in [2.24, 2.45) is 0 Å². The van der Waals surface area contributed by atoms with E-state index in [9.17, 15) is 9.59 Å². The van der Waals surface area contributed by atoms with E-state index in [0.29, 0.717) is 11.1 Å². The van der Waals surface area contributed by atoms with Crippen LogP contribution in [0.3, 0.4) is 0 Å². The molecule has 10 heteroatoms. The largest absolute Gasteiger partial charge is 0.505 e. The van der Waals surface area contributed by atoms with E-state index in [1.54, 1.807) is 16.7 Å². The van der Waals surface area contributed by atoms with E-state index in [2.05, 4.69) is 27.3 Å². The van der Waals surface area contributed by atoms with E-state index >= 15 is 0 Å². The second-order valence-corrected chi connectivity index (χ2v) is 11.4. The smallest absolute Gasteiger partial charge is 0.465 e. The molecule has 1 aliphatic heterocycles. The Morgan fingerprint density at radius 1 is 0.900 bits per heavy atom. The SMILES string of the molecule is COC(=O)c1csc(B2OC(C)(C)C(C)(C)O2)c1C.COC(=O)c1csc(I)c1C. The molecule has 0 aliphatic carbocycles. The van der Waals surface area contributed by atoms with Gasteiger partial charge in [-0.2, -0.15) is 11.3 Å². The standard InChI is InChI=1S/C13H19BO4S.C7H7IO2S/c1-8-9(11(15)16-6)7-19-10(8)14-17-12(2,3)13(4,5)18-14;1-4-5(7(9)10-2)3-11-6(4)8/h7H,1-6H3;3H,1-2H3. The van der Waals surface area contributed by atoms with Crippen LogP contribution in [-0.2, 0) is 18.8 Å². The van der Waals surface area contributed by atoms with Gasteiger partial charge in [-0.3, -0.25) is 0 Å². The molecular weight excluding hydrogens is 538 g/mol. The van der Waals surface area contributed by atoms with Gasteiger partial charge in [0.15, 0.2) is 0 Å². The average Bonchev–Trinajstić information content (AvgIpc) is 3.28. The first-order valence-corrected chi connectivity index (χ1v) is 12.0. The van der Waals surface area contributed by atoms with Gasteiger partial charge in [-0.15, -0.1) is 11.3 Å². The van der Waals surface area contributed by atoms with Crippen LogP contribution in [0.4, 0.5) is 0 Å². The first kappa shape index (κ1) is 25.3. The Labute approximate surface area is 199 Å². The summed E-state index contributed by atoms with van der Waals surface area (Å²) in [4.78, 5) is 22.6. The topological polar surface area (TPSA) is 71.1 Å². The zero-order valence-electron chi connectivity index (χ0n) is 18.4. The van der Waals surface area contributed by atoms with Gasteiger partial charge in [0.1, 0.15) is 0 Å². The Morgan fingerprint density at radius 2 is 1.33 bits per heavy atom. The maximum Gasteiger partial charge on any atom is 0.505 e. The summed E-state index contributed by atoms with van der Waals surface area (Å²) < 4.78 is 23.4. The monoisotopic (exact) mass is 564 g/mol. The molecule has 2 aromatic heterocycles. The molecule has 3 rings (SSSR count). The number of esters is 2. The van der Waals surface area contributed by atoms with Crippen molar-refractivity contribution in [2.75, 3.05) is 14.2 Å². The van der Waals surface area contributed by atoms with Crippen LogP contribution in [0, 0.1) is 16.7 Å². The number of ether oxygens (including phenoxy) is 2. The highest BCUT2D eigenvalue weighted by atomic mass is 127. The zero-order valence-corrected chi connectivity index (χ0v) is 22.2. The predicted octanol–water partition coefficient (Wildman–Crippen LogP) is 4.59. The summed E-state index contributed by atoms with van der Waals surface area (Å²) >= 11 is 5.23. The fourth-order valence-electron chi connectivity index (χ4n) is 2.63. The number of hydrogen-bond acceptors (Lipinski definition) is 8. The number of hydrogen-bond donors (Lipinski definition) is 0. The number of halogens is 1. The molecule has 0 atom stereocenters. The number of rotatable bonds is 3. The van der Waals surface area contributed by atoms with Gasteiger partial charge in [-0.05, 0) is 75.3 Å². The lowest BCUT2D eigenvalue weighted by atomic mass is 9.84. The van der Waals surface area contributed by atoms with Gasteiger partial charge in [-0.25, -0.2) is 9.59 Å². The van der Waals surface area contributed by atoms with E-state index in [4.69, 9.17) is 14.0 Å². The van der Waals surface area contributed by atoms with Crippen molar-refractivity contribution in [2.45, 2.75) is 52.7 Å². The van der Waals surface area contributed by atoms with Crippen LogP contribution in [0.2, 0.25) is 0 Å². The molecule has 0 radical (unpaired) electrons. The Kier molecular flexibility index (Phi) is 8.17. The first-order valence-electron chi connectivity index (χ1n) is 9.20. The van der Waals surface area contributed by atoms with Crippen molar-refractivity contribution in [3.63, 3.8) is 0 Å². The molecule has 3 heterocycles. The number of carbonyl (C=O) groups is 2. The van der Waals surface area contributed by atoms with Gasteiger partial charge in [0, 0.05) is 15.5 Å². The lowest BCUT2D eigenvalue weighted by molar-refractivity contribution is 0.00578. The van der Waals surface area contributed by atoms with Crippen LogP contribution in [-0.4, -0.2) is 44.5 Å². The number of methoxy groups -OCH3 is 2. The van der Waals surface area contributed by atoms with Gasteiger partial charge < -0.3 is 18.8 Å². The Bertz CT molecular complexity index is 918. The minimum atomic E-state index is -0.423. The summed E-state index contributed by atoms with van der Waals surface area (Å²) in [5.74, 6) is -0.571. The number of carbonyl (C=O) groups excluding carboxylic acids is 2. The second-order valence-electron chi connectivity index (χ2n) is 7.76. The fraction of sp³-hybridized carbons (Fsp3) is 0.500. The van der Waals surface area contributed by atoms with Crippen molar-refractivity contribution < 1.29 is 28.4 Å². The van der Waals surface area contributed by atoms with Gasteiger partial charge in [0.2, 0.25) is 0 Å². The molecule has 0 spiro atoms. The third-order valence-corrected chi connectivity index (χ3v) is 8.88. The summed E-state index contributed by atoms with van der Waals surface area (Å²) in [7, 11) is 2.36. The fourth-order valence-corrected chi connectivity index (χ4v) is 5.09. The minimum absolute atomic E-state index is 0.248. The van der Waals surface area contributed by atoms with Gasteiger partial charge >= 0.3 is 19.1 Å². The van der Waals surface area contributed by atoms with Gasteiger partial charge in [0.25, 0.3) is 0 Å². The van der Waals surface area contributed by atoms with Crippen LogP contribution < -0.4 is 4.78 Å². The summed E-state index contributed by atoms with van der Waals surface area (Å²) in [6.07, 6.45) is 0. The Hall–Kier alpha value is -0.945. The van der Waals surface area contributed by atoms with Crippen LogP contribution in [0.1, 0.15) is 59.5 Å². The lowest BCUT2D eigenvalue weighted by Crippen LogP contribution is -2.41. The molecule has 6 nitrogen and oxygen atoms in total. The molecule has 0 unspecified atom stereocenters. The summed E-state index contributed by atoms with van der Waals surface area (Å²) in [6, 6.07) is 0. The van der Waals surface area contributed by atoms with Crippen LogP contribution in [0.5, 0.6) is 0 Å². The summed E-state index contributed by atoms with van der Waals surface area (Å²) in [6.45, 7) is 11.9. The van der Waals surface area contributed by atoms with E-state index in [0.717, 1.165) is 18.8 Å². The van der Waals surface area contributed by atoms with Crippen molar-refractivity contribution in [3.8, 4) is 0 Å². The van der Waals surface area contributed by atoms with Crippen LogP contribution >= 0.6 is 45.3 Å². The van der Waals surface area contributed by atoms with Gasteiger partial charge in [-0.1, -0.05) is 0 Å². The third kappa shape index (κ3) is 5.09. The normalized spacial score (nSPS) is 16.6. The highest BCUT2D eigenvalue weighted by molar-refractivity contribution is 14.1. The minimum Gasteiger partial charge on any atom is -0.465 e. The molecule has 30 heavy (non-hydrogen) atoms. The van der Waals surface area contributed by atoms with Crippen molar-refractivity contribution >= 4 is 69.1 Å². The van der Waals surface area contributed by atoms with Crippen molar-refractivity contribution in [1.29, 1.82) is 0 Å². The predicted molar refractivity (Wildman–Crippen MR) is 129 cm³/mol. The Balaban J connectivity index is 0.000000248. The summed E-state index contributed by atoms with van der Waals surface area (Å²) in [5.41, 5.74) is 2.40. The molecule has 0 bridgehead atoms. The highest BCUT2D eigenvalue weighted by Crippen LogP contribution is 2.37. The molecule has 1 fully saturated rings. The maximum absolute atomic E-state index is 11.6. The molecule has 0 N–H and O–H groups in total.